The minimum atomic E-state index is 0.620. The van der Waals surface area contributed by atoms with Crippen LogP contribution < -0.4 is 4.74 Å². The molecule has 0 radical (unpaired) electrons. The first kappa shape index (κ1) is 20.7. The molecule has 4 rings (SSSR count). The molecule has 0 amide bonds. The van der Waals surface area contributed by atoms with Gasteiger partial charge in [-0.15, -0.1) is 11.8 Å². The summed E-state index contributed by atoms with van der Waals surface area (Å²) in [5.74, 6) is 1.44. The lowest BCUT2D eigenvalue weighted by Crippen LogP contribution is -2.28. The van der Waals surface area contributed by atoms with E-state index < -0.39 is 0 Å². The summed E-state index contributed by atoms with van der Waals surface area (Å²) in [5.41, 5.74) is 5.82. The van der Waals surface area contributed by atoms with Crippen LogP contribution in [0.3, 0.4) is 0 Å². The van der Waals surface area contributed by atoms with E-state index in [0.29, 0.717) is 11.3 Å². The zero-order chi connectivity index (χ0) is 21.1. The Labute approximate surface area is 186 Å². The normalized spacial score (nSPS) is 13.5. The molecule has 6 heteroatoms. The maximum Gasteiger partial charge on any atom is 0.119 e. The van der Waals surface area contributed by atoms with Crippen LogP contribution in [0.25, 0.3) is 11.1 Å². The molecule has 30 heavy (non-hydrogen) atoms. The van der Waals surface area contributed by atoms with Gasteiger partial charge in [0.05, 0.1) is 12.7 Å². The Kier molecular flexibility index (Phi) is 6.29. The highest BCUT2D eigenvalue weighted by Gasteiger charge is 2.25. The molecular formula is C24H22ClN3OS. The molecule has 0 saturated carbocycles. The molecule has 0 aliphatic carbocycles. The molecule has 2 heterocycles. The van der Waals surface area contributed by atoms with Gasteiger partial charge in [0.15, 0.2) is 0 Å². The lowest BCUT2D eigenvalue weighted by molar-refractivity contribution is 0.309. The summed E-state index contributed by atoms with van der Waals surface area (Å²) >= 11 is 7.91. The summed E-state index contributed by atoms with van der Waals surface area (Å²) in [6.45, 7) is 1.73. The van der Waals surface area contributed by atoms with Crippen LogP contribution in [0.2, 0.25) is 5.02 Å². The number of nitrogens with zero attached hydrogens (tertiary/aromatic N) is 3. The third-order valence-corrected chi connectivity index (χ3v) is 6.69. The Morgan fingerprint density at radius 3 is 2.83 bits per heavy atom. The third kappa shape index (κ3) is 4.17. The first-order valence-corrected chi connectivity index (χ1v) is 11.1. The Morgan fingerprint density at radius 1 is 1.23 bits per heavy atom. The number of halogens is 1. The second-order valence-corrected chi connectivity index (χ2v) is 8.68. The van der Waals surface area contributed by atoms with Gasteiger partial charge in [0.1, 0.15) is 16.8 Å². The molecule has 2 aromatic carbocycles. The van der Waals surface area contributed by atoms with Crippen LogP contribution in [0.1, 0.15) is 22.4 Å². The molecule has 152 valence electrons. The van der Waals surface area contributed by atoms with Crippen molar-refractivity contribution in [2.75, 3.05) is 20.7 Å². The Morgan fingerprint density at radius 2 is 2.07 bits per heavy atom. The van der Waals surface area contributed by atoms with Crippen LogP contribution >= 0.6 is 23.4 Å². The molecule has 0 spiro atoms. The van der Waals surface area contributed by atoms with Gasteiger partial charge in [-0.1, -0.05) is 41.9 Å². The number of benzene rings is 2. The number of rotatable bonds is 5. The summed E-state index contributed by atoms with van der Waals surface area (Å²) in [4.78, 5) is 7.20. The molecule has 4 nitrogen and oxygen atoms in total. The number of aromatic nitrogens is 1. The van der Waals surface area contributed by atoms with Crippen LogP contribution in [-0.2, 0) is 18.7 Å². The van der Waals surface area contributed by atoms with Gasteiger partial charge in [0, 0.05) is 41.5 Å². The predicted octanol–water partition coefficient (Wildman–Crippen LogP) is 5.56. The number of hydrogen-bond acceptors (Lipinski definition) is 5. The monoisotopic (exact) mass is 435 g/mol. The zero-order valence-electron chi connectivity index (χ0n) is 17.0. The summed E-state index contributed by atoms with van der Waals surface area (Å²) in [5, 5.41) is 11.6. The molecule has 0 saturated heterocycles. The first-order valence-electron chi connectivity index (χ1n) is 9.75. The van der Waals surface area contributed by atoms with Gasteiger partial charge in [0.25, 0.3) is 0 Å². The number of fused-ring (bicyclic) bond motifs is 1. The molecule has 1 aromatic heterocycles. The predicted molar refractivity (Wildman–Crippen MR) is 122 cm³/mol. The number of nitriles is 1. The van der Waals surface area contributed by atoms with Crippen LogP contribution in [0, 0.1) is 11.3 Å². The summed E-state index contributed by atoms with van der Waals surface area (Å²) in [6.07, 6.45) is 0.869. The van der Waals surface area contributed by atoms with Gasteiger partial charge < -0.3 is 9.64 Å². The van der Waals surface area contributed by atoms with Crippen molar-refractivity contribution in [1.82, 2.24) is 9.88 Å². The topological polar surface area (TPSA) is 49.1 Å². The average Bonchev–Trinajstić information content (AvgIpc) is 2.77. The summed E-state index contributed by atoms with van der Waals surface area (Å²) in [6, 6.07) is 18.2. The molecule has 0 fully saturated rings. The van der Waals surface area contributed by atoms with Gasteiger partial charge in [-0.3, -0.25) is 0 Å². The fourth-order valence-electron chi connectivity index (χ4n) is 3.74. The van der Waals surface area contributed by atoms with Gasteiger partial charge in [0.2, 0.25) is 0 Å². The highest BCUT2D eigenvalue weighted by atomic mass is 35.5. The quantitative estimate of drug-likeness (QED) is 0.491. The van der Waals surface area contributed by atoms with Crippen molar-refractivity contribution in [3.63, 3.8) is 0 Å². The second kappa shape index (κ2) is 9.09. The van der Waals surface area contributed by atoms with Crippen molar-refractivity contribution in [2.24, 2.45) is 0 Å². The van der Waals surface area contributed by atoms with Crippen molar-refractivity contribution in [3.05, 3.63) is 75.9 Å². The third-order valence-electron chi connectivity index (χ3n) is 5.30. The number of methoxy groups -OCH3 is 1. The number of thioether (sulfide) groups is 1. The SMILES string of the molecule is COc1cccc(-c2c(C#N)c(SCc3ccccc3Cl)nc3c2CN(C)CC3)c1. The molecule has 0 N–H and O–H groups in total. The van der Waals surface area contributed by atoms with E-state index in [1.807, 2.05) is 48.5 Å². The number of pyridine rings is 1. The highest BCUT2D eigenvalue weighted by Crippen LogP contribution is 2.39. The van der Waals surface area contributed by atoms with E-state index in [1.54, 1.807) is 18.9 Å². The number of ether oxygens (including phenoxy) is 1. The van der Waals surface area contributed by atoms with Crippen molar-refractivity contribution in [2.45, 2.75) is 23.7 Å². The molecule has 3 aromatic rings. The van der Waals surface area contributed by atoms with Crippen LogP contribution in [-0.4, -0.2) is 30.6 Å². The fourth-order valence-corrected chi connectivity index (χ4v) is 5.03. The zero-order valence-corrected chi connectivity index (χ0v) is 18.6. The molecule has 0 atom stereocenters. The van der Waals surface area contributed by atoms with Gasteiger partial charge in [-0.25, -0.2) is 4.98 Å². The molecular weight excluding hydrogens is 414 g/mol. The smallest absolute Gasteiger partial charge is 0.119 e. The molecule has 1 aliphatic rings. The second-order valence-electron chi connectivity index (χ2n) is 7.30. The standard InChI is InChI=1S/C24H22ClN3OS/c1-28-11-10-22-20(14-28)23(16-7-5-8-18(12-16)29-2)19(13-26)24(27-22)30-15-17-6-3-4-9-21(17)25/h3-9,12H,10-11,14-15H2,1-2H3. The van der Waals surface area contributed by atoms with Gasteiger partial charge in [-0.05, 0) is 41.9 Å². The van der Waals surface area contributed by atoms with E-state index in [1.165, 1.54) is 0 Å². The minimum Gasteiger partial charge on any atom is -0.497 e. The van der Waals surface area contributed by atoms with E-state index in [2.05, 4.69) is 18.0 Å². The van der Waals surface area contributed by atoms with Crippen molar-refractivity contribution in [3.8, 4) is 22.9 Å². The van der Waals surface area contributed by atoms with E-state index >= 15 is 0 Å². The van der Waals surface area contributed by atoms with Gasteiger partial charge in [-0.2, -0.15) is 5.26 Å². The number of likely N-dealkylation sites (N-methyl/N-ethyl adjacent to an activating group) is 1. The lowest BCUT2D eigenvalue weighted by Gasteiger charge is -2.28. The minimum absolute atomic E-state index is 0.620. The van der Waals surface area contributed by atoms with E-state index in [0.717, 1.165) is 63.3 Å². The van der Waals surface area contributed by atoms with E-state index in [9.17, 15) is 5.26 Å². The Balaban J connectivity index is 1.83. The van der Waals surface area contributed by atoms with Crippen molar-refractivity contribution >= 4 is 23.4 Å². The summed E-state index contributed by atoms with van der Waals surface area (Å²) in [7, 11) is 3.76. The maximum absolute atomic E-state index is 10.1. The Hall–Kier alpha value is -2.52. The average molecular weight is 436 g/mol. The lowest BCUT2D eigenvalue weighted by atomic mass is 9.91. The number of hydrogen-bond donors (Lipinski definition) is 0. The highest BCUT2D eigenvalue weighted by molar-refractivity contribution is 7.98. The van der Waals surface area contributed by atoms with E-state index in [-0.39, 0.29) is 0 Å². The molecule has 1 aliphatic heterocycles. The largest absolute Gasteiger partial charge is 0.497 e. The first-order chi connectivity index (χ1) is 14.6. The van der Waals surface area contributed by atoms with Gasteiger partial charge >= 0.3 is 0 Å². The van der Waals surface area contributed by atoms with E-state index in [4.69, 9.17) is 21.3 Å². The van der Waals surface area contributed by atoms with Crippen molar-refractivity contribution < 1.29 is 4.74 Å². The van der Waals surface area contributed by atoms with Crippen molar-refractivity contribution in [1.29, 1.82) is 5.26 Å². The molecule has 0 bridgehead atoms. The Bertz CT molecular complexity index is 1130. The van der Waals surface area contributed by atoms with Crippen LogP contribution in [0.4, 0.5) is 0 Å². The molecule has 0 unspecified atom stereocenters. The maximum atomic E-state index is 10.1. The fraction of sp³-hybridized carbons (Fsp3) is 0.250. The van der Waals surface area contributed by atoms with Crippen LogP contribution in [0.5, 0.6) is 5.75 Å². The van der Waals surface area contributed by atoms with Crippen LogP contribution in [0.15, 0.2) is 53.6 Å². The summed E-state index contributed by atoms with van der Waals surface area (Å²) < 4.78 is 5.43.